The van der Waals surface area contributed by atoms with Crippen molar-refractivity contribution < 1.29 is 9.53 Å². The van der Waals surface area contributed by atoms with Gasteiger partial charge in [-0.05, 0) is 30.7 Å². The minimum Gasteiger partial charge on any atom is -0.460 e. The third-order valence-corrected chi connectivity index (χ3v) is 4.88. The Morgan fingerprint density at radius 3 is 2.75 bits per heavy atom. The Morgan fingerprint density at radius 2 is 2.00 bits per heavy atom. The number of aryl methyl sites for hydroxylation is 1. The fraction of sp³-hybridized carbons (Fsp3) is 0.400. The maximum atomic E-state index is 12.6. The van der Waals surface area contributed by atoms with Gasteiger partial charge in [0, 0.05) is 50.6 Å². The van der Waals surface area contributed by atoms with Gasteiger partial charge in [0.15, 0.2) is 0 Å². The standard InChI is InChI=1S/C20H24N6O2/c1-2-10-26-14-23-17-13-15(4-5-18(17)26)24-20(27)25-11-6-16(7-12-25)28-19-21-8-3-9-22-19/h3-5,8-9,13-14,16H,2,6-7,10-12H2,1H3,(H,24,27). The highest BCUT2D eigenvalue weighted by molar-refractivity contribution is 5.92. The van der Waals surface area contributed by atoms with Crippen molar-refractivity contribution in [2.45, 2.75) is 38.8 Å². The summed E-state index contributed by atoms with van der Waals surface area (Å²) >= 11 is 0. The van der Waals surface area contributed by atoms with Crippen molar-refractivity contribution in [3.63, 3.8) is 0 Å². The van der Waals surface area contributed by atoms with Gasteiger partial charge in [-0.1, -0.05) is 6.92 Å². The van der Waals surface area contributed by atoms with E-state index in [2.05, 4.69) is 31.8 Å². The molecule has 146 valence electrons. The van der Waals surface area contributed by atoms with E-state index in [-0.39, 0.29) is 12.1 Å². The Labute approximate surface area is 163 Å². The molecule has 2 amide bonds. The van der Waals surface area contributed by atoms with E-state index >= 15 is 0 Å². The highest BCUT2D eigenvalue weighted by Gasteiger charge is 2.24. The molecule has 1 saturated heterocycles. The molecule has 1 fully saturated rings. The highest BCUT2D eigenvalue weighted by atomic mass is 16.5. The number of piperidine rings is 1. The van der Waals surface area contributed by atoms with Gasteiger partial charge in [-0.2, -0.15) is 0 Å². The summed E-state index contributed by atoms with van der Waals surface area (Å²) in [6.45, 7) is 4.35. The van der Waals surface area contributed by atoms with Gasteiger partial charge < -0.3 is 19.5 Å². The first kappa shape index (κ1) is 18.2. The molecule has 0 bridgehead atoms. The molecule has 3 aromatic rings. The second-order valence-corrected chi connectivity index (χ2v) is 6.91. The number of hydrogen-bond acceptors (Lipinski definition) is 5. The molecule has 0 unspecified atom stereocenters. The zero-order valence-electron chi connectivity index (χ0n) is 15.9. The summed E-state index contributed by atoms with van der Waals surface area (Å²) in [4.78, 5) is 27.0. The summed E-state index contributed by atoms with van der Waals surface area (Å²) in [6.07, 6.45) is 7.77. The molecule has 1 aromatic carbocycles. The Balaban J connectivity index is 1.32. The first-order chi connectivity index (χ1) is 13.7. The van der Waals surface area contributed by atoms with Gasteiger partial charge in [-0.15, -0.1) is 0 Å². The van der Waals surface area contributed by atoms with Crippen LogP contribution in [0.25, 0.3) is 11.0 Å². The van der Waals surface area contributed by atoms with E-state index in [1.54, 1.807) is 18.5 Å². The van der Waals surface area contributed by atoms with Crippen molar-refractivity contribution in [1.29, 1.82) is 0 Å². The molecule has 4 rings (SSSR count). The quantitative estimate of drug-likeness (QED) is 0.734. The number of carbonyl (C=O) groups excluding carboxylic acids is 1. The number of hydrogen-bond donors (Lipinski definition) is 1. The van der Waals surface area contributed by atoms with E-state index in [0.29, 0.717) is 19.1 Å². The number of nitrogens with zero attached hydrogens (tertiary/aromatic N) is 5. The number of ether oxygens (including phenoxy) is 1. The van der Waals surface area contributed by atoms with E-state index in [1.165, 1.54) is 0 Å². The molecule has 0 atom stereocenters. The Morgan fingerprint density at radius 1 is 1.21 bits per heavy atom. The van der Waals surface area contributed by atoms with Gasteiger partial charge in [0.1, 0.15) is 6.10 Å². The number of urea groups is 1. The molecular weight excluding hydrogens is 356 g/mol. The van der Waals surface area contributed by atoms with Crippen molar-refractivity contribution in [3.05, 3.63) is 43.0 Å². The fourth-order valence-corrected chi connectivity index (χ4v) is 3.44. The van der Waals surface area contributed by atoms with Crippen LogP contribution in [0.5, 0.6) is 6.01 Å². The second kappa shape index (κ2) is 8.24. The van der Waals surface area contributed by atoms with Crippen LogP contribution in [0.1, 0.15) is 26.2 Å². The average molecular weight is 380 g/mol. The molecule has 3 heterocycles. The van der Waals surface area contributed by atoms with Crippen LogP contribution in [0.15, 0.2) is 43.0 Å². The predicted octanol–water partition coefficient (Wildman–Crippen LogP) is 3.31. The summed E-state index contributed by atoms with van der Waals surface area (Å²) in [5.41, 5.74) is 2.73. The van der Waals surface area contributed by atoms with Gasteiger partial charge in [-0.25, -0.2) is 19.7 Å². The zero-order chi connectivity index (χ0) is 19.3. The number of amides is 2. The minimum atomic E-state index is -0.0956. The number of rotatable bonds is 5. The van der Waals surface area contributed by atoms with E-state index in [0.717, 1.165) is 42.5 Å². The molecule has 2 aromatic heterocycles. The highest BCUT2D eigenvalue weighted by Crippen LogP contribution is 2.20. The lowest BCUT2D eigenvalue weighted by atomic mass is 10.1. The van der Waals surface area contributed by atoms with Crippen molar-refractivity contribution in [1.82, 2.24) is 24.4 Å². The third kappa shape index (κ3) is 4.05. The molecule has 0 radical (unpaired) electrons. The SMILES string of the molecule is CCCn1cnc2cc(NC(=O)N3CCC(Oc4ncccn4)CC3)ccc21. The van der Waals surface area contributed by atoms with Crippen molar-refractivity contribution >= 4 is 22.8 Å². The number of aromatic nitrogens is 4. The summed E-state index contributed by atoms with van der Waals surface area (Å²) in [7, 11) is 0. The topological polar surface area (TPSA) is 85.2 Å². The first-order valence-corrected chi connectivity index (χ1v) is 9.67. The molecule has 1 aliphatic rings. The van der Waals surface area contributed by atoms with Crippen molar-refractivity contribution in [2.24, 2.45) is 0 Å². The summed E-state index contributed by atoms with van der Waals surface area (Å²) in [5.74, 6) is 0. The van der Waals surface area contributed by atoms with Crippen LogP contribution in [-0.2, 0) is 6.54 Å². The van der Waals surface area contributed by atoms with Crippen molar-refractivity contribution in [2.75, 3.05) is 18.4 Å². The Kier molecular flexibility index (Phi) is 5.36. The zero-order valence-corrected chi connectivity index (χ0v) is 15.9. The third-order valence-electron chi connectivity index (χ3n) is 4.88. The summed E-state index contributed by atoms with van der Waals surface area (Å²) < 4.78 is 7.91. The van der Waals surface area contributed by atoms with Crippen LogP contribution in [0.3, 0.4) is 0 Å². The summed E-state index contributed by atoms with van der Waals surface area (Å²) in [6, 6.07) is 7.90. The van der Waals surface area contributed by atoms with Crippen LogP contribution >= 0.6 is 0 Å². The van der Waals surface area contributed by atoms with Gasteiger partial charge >= 0.3 is 12.0 Å². The molecule has 8 nitrogen and oxygen atoms in total. The number of carbonyl (C=O) groups is 1. The van der Waals surface area contributed by atoms with Crippen LogP contribution in [0.2, 0.25) is 0 Å². The van der Waals surface area contributed by atoms with Gasteiger partial charge in [0.25, 0.3) is 0 Å². The smallest absolute Gasteiger partial charge is 0.321 e. The fourth-order valence-electron chi connectivity index (χ4n) is 3.44. The van der Waals surface area contributed by atoms with E-state index < -0.39 is 0 Å². The minimum absolute atomic E-state index is 0.0327. The Bertz CT molecular complexity index is 934. The number of nitrogens with one attached hydrogen (secondary N) is 1. The number of anilines is 1. The van der Waals surface area contributed by atoms with Gasteiger partial charge in [0.2, 0.25) is 0 Å². The number of imidazole rings is 1. The lowest BCUT2D eigenvalue weighted by Crippen LogP contribution is -2.43. The first-order valence-electron chi connectivity index (χ1n) is 9.67. The maximum absolute atomic E-state index is 12.6. The molecule has 1 aliphatic heterocycles. The van der Waals surface area contributed by atoms with Crippen LogP contribution in [-0.4, -0.2) is 49.6 Å². The second-order valence-electron chi connectivity index (χ2n) is 6.91. The number of fused-ring (bicyclic) bond motifs is 1. The molecule has 0 saturated carbocycles. The van der Waals surface area contributed by atoms with Gasteiger partial charge in [-0.3, -0.25) is 0 Å². The average Bonchev–Trinajstić information content (AvgIpc) is 3.12. The largest absolute Gasteiger partial charge is 0.460 e. The Hall–Kier alpha value is -3.16. The lowest BCUT2D eigenvalue weighted by molar-refractivity contribution is 0.107. The molecule has 8 heteroatoms. The van der Waals surface area contributed by atoms with E-state index in [4.69, 9.17) is 4.74 Å². The monoisotopic (exact) mass is 380 g/mol. The van der Waals surface area contributed by atoms with Gasteiger partial charge in [0.05, 0.1) is 17.4 Å². The maximum Gasteiger partial charge on any atom is 0.321 e. The van der Waals surface area contributed by atoms with Crippen molar-refractivity contribution in [3.8, 4) is 6.01 Å². The molecule has 1 N–H and O–H groups in total. The predicted molar refractivity (Wildman–Crippen MR) is 106 cm³/mol. The van der Waals surface area contributed by atoms with Crippen LogP contribution in [0, 0.1) is 0 Å². The number of likely N-dealkylation sites (tertiary alicyclic amines) is 1. The molecule has 0 spiro atoms. The van der Waals surface area contributed by atoms with Crippen LogP contribution < -0.4 is 10.1 Å². The lowest BCUT2D eigenvalue weighted by Gasteiger charge is -2.31. The molecule has 28 heavy (non-hydrogen) atoms. The normalized spacial score (nSPS) is 15.0. The molecule has 0 aliphatic carbocycles. The molecular formula is C20H24N6O2. The van der Waals surface area contributed by atoms with Crippen LogP contribution in [0.4, 0.5) is 10.5 Å². The van der Waals surface area contributed by atoms with E-state index in [9.17, 15) is 4.79 Å². The number of benzene rings is 1. The van der Waals surface area contributed by atoms with E-state index in [1.807, 2.05) is 29.4 Å². The summed E-state index contributed by atoms with van der Waals surface area (Å²) in [5, 5.41) is 2.98.